The van der Waals surface area contributed by atoms with E-state index in [1.165, 1.54) is 44.5 Å². The SMILES string of the molecule is FC(F)(F)c1ccc(/C=C/c2nc(CCCN3CCCCC3)cn2Cc2ccn[nH]2)cc1. The quantitative estimate of drug-likeness (QED) is 0.517. The Bertz CT molecular complexity index is 997. The molecular weight excluding hydrogens is 415 g/mol. The fourth-order valence-corrected chi connectivity index (χ4v) is 4.04. The highest BCUT2D eigenvalue weighted by Gasteiger charge is 2.29. The van der Waals surface area contributed by atoms with Gasteiger partial charge in [-0.15, -0.1) is 0 Å². The van der Waals surface area contributed by atoms with E-state index < -0.39 is 11.7 Å². The van der Waals surface area contributed by atoms with E-state index >= 15 is 0 Å². The first-order valence-corrected chi connectivity index (χ1v) is 11.1. The van der Waals surface area contributed by atoms with Crippen molar-refractivity contribution >= 4 is 12.2 Å². The minimum Gasteiger partial charge on any atom is -0.325 e. The Hall–Kier alpha value is -2.87. The number of nitrogens with one attached hydrogen (secondary N) is 1. The summed E-state index contributed by atoms with van der Waals surface area (Å²) in [5.41, 5.74) is 2.03. The number of benzene rings is 1. The number of hydrogen-bond acceptors (Lipinski definition) is 3. The van der Waals surface area contributed by atoms with E-state index in [0.717, 1.165) is 48.7 Å². The lowest BCUT2D eigenvalue weighted by atomic mass is 10.1. The summed E-state index contributed by atoms with van der Waals surface area (Å²) in [6, 6.07) is 7.06. The predicted molar refractivity (Wildman–Crippen MR) is 119 cm³/mol. The van der Waals surface area contributed by atoms with Gasteiger partial charge in [-0.25, -0.2) is 4.98 Å². The highest BCUT2D eigenvalue weighted by Crippen LogP contribution is 2.29. The number of aryl methyl sites for hydroxylation is 1. The van der Waals surface area contributed by atoms with E-state index in [-0.39, 0.29) is 0 Å². The molecular formula is C24H28F3N5. The minimum absolute atomic E-state index is 0.603. The summed E-state index contributed by atoms with van der Waals surface area (Å²) in [6.45, 7) is 4.07. The van der Waals surface area contributed by atoms with Crippen LogP contribution in [0.3, 0.4) is 0 Å². The molecule has 2 aromatic heterocycles. The van der Waals surface area contributed by atoms with Crippen molar-refractivity contribution in [2.24, 2.45) is 0 Å². The second-order valence-corrected chi connectivity index (χ2v) is 8.26. The largest absolute Gasteiger partial charge is 0.416 e. The Labute approximate surface area is 186 Å². The lowest BCUT2D eigenvalue weighted by molar-refractivity contribution is -0.137. The standard InChI is InChI=1S/C24H28F3N5/c25-24(26,27)20-9-6-19(7-10-20)8-11-23-29-21(5-4-16-31-14-2-1-3-15-31)17-32(23)18-22-12-13-28-30-22/h6-13,17H,1-5,14-16,18H2,(H,28,30)/b11-8+. The van der Waals surface area contributed by atoms with E-state index in [4.69, 9.17) is 4.98 Å². The van der Waals surface area contributed by atoms with Crippen LogP contribution in [0.4, 0.5) is 13.2 Å². The molecule has 0 saturated carbocycles. The molecule has 1 aliphatic rings. The molecule has 3 aromatic rings. The molecule has 1 aliphatic heterocycles. The summed E-state index contributed by atoms with van der Waals surface area (Å²) in [5, 5.41) is 6.97. The van der Waals surface area contributed by atoms with Crippen molar-refractivity contribution in [1.82, 2.24) is 24.6 Å². The number of imidazole rings is 1. The first-order chi connectivity index (χ1) is 15.5. The van der Waals surface area contributed by atoms with E-state index in [0.29, 0.717) is 12.1 Å². The van der Waals surface area contributed by atoms with Crippen LogP contribution in [0.5, 0.6) is 0 Å². The maximum absolute atomic E-state index is 12.8. The topological polar surface area (TPSA) is 49.7 Å². The zero-order chi connectivity index (χ0) is 22.4. The van der Waals surface area contributed by atoms with Crippen LogP contribution in [0.1, 0.15) is 54.0 Å². The first-order valence-electron chi connectivity index (χ1n) is 11.1. The predicted octanol–water partition coefficient (Wildman–Crippen LogP) is 5.26. The van der Waals surface area contributed by atoms with Gasteiger partial charge >= 0.3 is 6.18 Å². The molecule has 170 valence electrons. The van der Waals surface area contributed by atoms with Crippen LogP contribution in [0.25, 0.3) is 12.2 Å². The van der Waals surface area contributed by atoms with Crippen molar-refractivity contribution < 1.29 is 13.2 Å². The number of piperidine rings is 1. The highest BCUT2D eigenvalue weighted by atomic mass is 19.4. The van der Waals surface area contributed by atoms with Crippen LogP contribution >= 0.6 is 0 Å². The molecule has 0 spiro atoms. The van der Waals surface area contributed by atoms with Crippen LogP contribution in [0, 0.1) is 0 Å². The molecule has 3 heterocycles. The Morgan fingerprint density at radius 3 is 2.47 bits per heavy atom. The highest BCUT2D eigenvalue weighted by molar-refractivity contribution is 5.67. The lowest BCUT2D eigenvalue weighted by Crippen LogP contribution is -2.30. The summed E-state index contributed by atoms with van der Waals surface area (Å²) in [7, 11) is 0. The maximum atomic E-state index is 12.8. The number of likely N-dealkylation sites (tertiary alicyclic amines) is 1. The molecule has 1 N–H and O–H groups in total. The summed E-state index contributed by atoms with van der Waals surface area (Å²) in [5.74, 6) is 0.771. The van der Waals surface area contributed by atoms with Gasteiger partial charge in [0, 0.05) is 12.4 Å². The number of aromatic amines is 1. The van der Waals surface area contributed by atoms with Crippen molar-refractivity contribution in [2.45, 2.75) is 44.8 Å². The summed E-state index contributed by atoms with van der Waals surface area (Å²) >= 11 is 0. The van der Waals surface area contributed by atoms with Crippen molar-refractivity contribution in [3.8, 4) is 0 Å². The zero-order valence-corrected chi connectivity index (χ0v) is 18.0. The second kappa shape index (κ2) is 10.2. The Morgan fingerprint density at radius 1 is 1.00 bits per heavy atom. The fraction of sp³-hybridized carbons (Fsp3) is 0.417. The average Bonchev–Trinajstić information content (AvgIpc) is 3.43. The molecule has 1 saturated heterocycles. The van der Waals surface area contributed by atoms with Gasteiger partial charge in [0.1, 0.15) is 5.82 Å². The van der Waals surface area contributed by atoms with Gasteiger partial charge < -0.3 is 9.47 Å². The molecule has 0 amide bonds. The van der Waals surface area contributed by atoms with E-state index in [1.54, 1.807) is 12.3 Å². The van der Waals surface area contributed by atoms with Gasteiger partial charge in [-0.2, -0.15) is 18.3 Å². The van der Waals surface area contributed by atoms with Gasteiger partial charge in [-0.05, 0) is 75.2 Å². The lowest BCUT2D eigenvalue weighted by Gasteiger charge is -2.26. The molecule has 4 rings (SSSR count). The normalized spacial score (nSPS) is 15.6. The van der Waals surface area contributed by atoms with Crippen LogP contribution in [-0.2, 0) is 19.1 Å². The molecule has 0 bridgehead atoms. The number of aromatic nitrogens is 4. The van der Waals surface area contributed by atoms with Gasteiger partial charge in [-0.3, -0.25) is 5.10 Å². The smallest absolute Gasteiger partial charge is 0.325 e. The molecule has 0 unspecified atom stereocenters. The molecule has 8 heteroatoms. The number of alkyl halides is 3. The minimum atomic E-state index is -4.33. The Kier molecular flexibility index (Phi) is 7.09. The van der Waals surface area contributed by atoms with Crippen molar-refractivity contribution in [2.75, 3.05) is 19.6 Å². The number of rotatable bonds is 8. The van der Waals surface area contributed by atoms with Crippen LogP contribution < -0.4 is 0 Å². The van der Waals surface area contributed by atoms with E-state index in [9.17, 15) is 13.2 Å². The number of halogens is 3. The summed E-state index contributed by atoms with van der Waals surface area (Å²) < 4.78 is 40.4. The van der Waals surface area contributed by atoms with Crippen LogP contribution in [-0.4, -0.2) is 44.3 Å². The third-order valence-corrected chi connectivity index (χ3v) is 5.78. The fourth-order valence-electron chi connectivity index (χ4n) is 4.04. The van der Waals surface area contributed by atoms with Crippen LogP contribution in [0.15, 0.2) is 42.7 Å². The Morgan fingerprint density at radius 2 is 1.78 bits per heavy atom. The van der Waals surface area contributed by atoms with Crippen molar-refractivity contribution in [1.29, 1.82) is 0 Å². The third kappa shape index (κ3) is 6.09. The number of H-pyrrole nitrogens is 1. The molecule has 0 aliphatic carbocycles. The van der Waals surface area contributed by atoms with Gasteiger partial charge in [0.05, 0.1) is 23.5 Å². The third-order valence-electron chi connectivity index (χ3n) is 5.78. The molecule has 1 fully saturated rings. The van der Waals surface area contributed by atoms with E-state index in [2.05, 4.69) is 21.3 Å². The summed E-state index contributed by atoms with van der Waals surface area (Å²) in [4.78, 5) is 7.31. The van der Waals surface area contributed by atoms with Gasteiger partial charge in [-0.1, -0.05) is 24.6 Å². The second-order valence-electron chi connectivity index (χ2n) is 8.26. The monoisotopic (exact) mass is 443 g/mol. The van der Waals surface area contributed by atoms with Crippen molar-refractivity contribution in [3.63, 3.8) is 0 Å². The zero-order valence-electron chi connectivity index (χ0n) is 18.0. The Balaban J connectivity index is 1.45. The van der Waals surface area contributed by atoms with Gasteiger partial charge in [0.15, 0.2) is 0 Å². The molecule has 5 nitrogen and oxygen atoms in total. The molecule has 1 aromatic carbocycles. The van der Waals surface area contributed by atoms with Crippen molar-refractivity contribution in [3.05, 3.63) is 71.1 Å². The van der Waals surface area contributed by atoms with Gasteiger partial charge in [0.25, 0.3) is 0 Å². The number of nitrogens with zero attached hydrogens (tertiary/aromatic N) is 4. The number of hydrogen-bond donors (Lipinski definition) is 1. The summed E-state index contributed by atoms with van der Waals surface area (Å²) in [6.07, 6.45) is 8.96. The molecule has 0 atom stereocenters. The average molecular weight is 444 g/mol. The van der Waals surface area contributed by atoms with Crippen LogP contribution in [0.2, 0.25) is 0 Å². The first kappa shape index (κ1) is 22.3. The molecule has 32 heavy (non-hydrogen) atoms. The molecule has 0 radical (unpaired) electrons. The maximum Gasteiger partial charge on any atom is 0.416 e. The van der Waals surface area contributed by atoms with E-state index in [1.807, 2.05) is 16.7 Å². The van der Waals surface area contributed by atoms with Gasteiger partial charge in [0.2, 0.25) is 0 Å².